The van der Waals surface area contributed by atoms with Crippen LogP contribution in [0, 0.1) is 19.5 Å². The molecule has 0 aliphatic heterocycles. The Morgan fingerprint density at radius 3 is 2.44 bits per heavy atom. The van der Waals surface area contributed by atoms with Gasteiger partial charge in [-0.05, 0) is 46.9 Å². The summed E-state index contributed by atoms with van der Waals surface area (Å²) in [6, 6.07) is 11.3. The Bertz CT molecular complexity index is 604. The van der Waals surface area contributed by atoms with Crippen LogP contribution in [0.15, 0.2) is 42.5 Å². The molecule has 4 nitrogen and oxygen atoms in total. The molecule has 0 bridgehead atoms. The molecule has 0 radical (unpaired) electrons. The zero-order chi connectivity index (χ0) is 13.1. The van der Waals surface area contributed by atoms with Gasteiger partial charge >= 0.3 is 5.69 Å². The van der Waals surface area contributed by atoms with Crippen LogP contribution < -0.4 is 5.32 Å². The van der Waals surface area contributed by atoms with E-state index in [9.17, 15) is 14.5 Å². The van der Waals surface area contributed by atoms with Crippen molar-refractivity contribution in [1.29, 1.82) is 0 Å². The second-order valence-electron chi connectivity index (χ2n) is 3.50. The molecular formula is C12H8FIN2O2. The Labute approximate surface area is 116 Å². The molecule has 1 N–H and O–H groups in total. The molecule has 0 spiro atoms. The van der Waals surface area contributed by atoms with E-state index in [4.69, 9.17) is 0 Å². The van der Waals surface area contributed by atoms with Crippen molar-refractivity contribution in [1.82, 2.24) is 0 Å². The minimum atomic E-state index is -0.851. The van der Waals surface area contributed by atoms with E-state index in [-0.39, 0.29) is 5.69 Å². The summed E-state index contributed by atoms with van der Waals surface area (Å²) in [4.78, 5) is 10.1. The summed E-state index contributed by atoms with van der Waals surface area (Å²) in [5, 5.41) is 13.7. The molecule has 2 aromatic carbocycles. The van der Waals surface area contributed by atoms with Crippen molar-refractivity contribution in [3.8, 4) is 0 Å². The lowest BCUT2D eigenvalue weighted by Crippen LogP contribution is -2.00. The highest BCUT2D eigenvalue weighted by Crippen LogP contribution is 2.31. The van der Waals surface area contributed by atoms with Gasteiger partial charge in [-0.15, -0.1) is 0 Å². The molecule has 18 heavy (non-hydrogen) atoms. The highest BCUT2D eigenvalue weighted by Gasteiger charge is 2.20. The van der Waals surface area contributed by atoms with E-state index in [0.29, 0.717) is 5.69 Å². The standard InChI is InChI=1S/C12H8FIN2O2/c13-8-4-3-7-11(12(8)16(17)18)15-10-6-2-1-5-9(10)14/h1-7,15H. The molecule has 0 unspecified atom stereocenters. The average Bonchev–Trinajstić information content (AvgIpc) is 2.31. The summed E-state index contributed by atoms with van der Waals surface area (Å²) in [5.74, 6) is -0.851. The van der Waals surface area contributed by atoms with E-state index in [1.807, 2.05) is 12.1 Å². The van der Waals surface area contributed by atoms with E-state index in [0.717, 1.165) is 9.64 Å². The van der Waals surface area contributed by atoms with Gasteiger partial charge in [0.2, 0.25) is 5.82 Å². The van der Waals surface area contributed by atoms with E-state index in [2.05, 4.69) is 27.9 Å². The topological polar surface area (TPSA) is 55.2 Å². The zero-order valence-electron chi connectivity index (χ0n) is 9.06. The van der Waals surface area contributed by atoms with Crippen molar-refractivity contribution in [2.24, 2.45) is 0 Å². The third-order valence-electron chi connectivity index (χ3n) is 2.31. The van der Waals surface area contributed by atoms with Crippen LogP contribution in [0.2, 0.25) is 0 Å². The molecule has 0 saturated carbocycles. The van der Waals surface area contributed by atoms with Gasteiger partial charge in [-0.2, -0.15) is 4.39 Å². The lowest BCUT2D eigenvalue weighted by atomic mass is 10.2. The molecule has 6 heteroatoms. The van der Waals surface area contributed by atoms with Gasteiger partial charge in [0, 0.05) is 3.57 Å². The number of nitrogens with one attached hydrogen (secondary N) is 1. The number of benzene rings is 2. The van der Waals surface area contributed by atoms with Crippen LogP contribution in [0.1, 0.15) is 0 Å². The maximum atomic E-state index is 13.4. The zero-order valence-corrected chi connectivity index (χ0v) is 11.2. The molecule has 0 aliphatic rings. The third-order valence-corrected chi connectivity index (χ3v) is 3.25. The number of rotatable bonds is 3. The number of para-hydroxylation sites is 2. The summed E-state index contributed by atoms with van der Waals surface area (Å²) in [6.07, 6.45) is 0. The number of hydrogen-bond acceptors (Lipinski definition) is 3. The Balaban J connectivity index is 2.44. The first-order valence-electron chi connectivity index (χ1n) is 5.04. The van der Waals surface area contributed by atoms with Crippen molar-refractivity contribution < 1.29 is 9.31 Å². The van der Waals surface area contributed by atoms with Gasteiger partial charge in [0.05, 0.1) is 10.6 Å². The maximum absolute atomic E-state index is 13.4. The van der Waals surface area contributed by atoms with Crippen LogP contribution in [0.3, 0.4) is 0 Å². The van der Waals surface area contributed by atoms with Crippen LogP contribution >= 0.6 is 22.6 Å². The summed E-state index contributed by atoms with van der Waals surface area (Å²) >= 11 is 2.10. The normalized spacial score (nSPS) is 10.1. The van der Waals surface area contributed by atoms with Crippen LogP contribution in [-0.4, -0.2) is 4.92 Å². The van der Waals surface area contributed by atoms with Gasteiger partial charge in [-0.1, -0.05) is 18.2 Å². The predicted octanol–water partition coefficient (Wildman–Crippen LogP) is 4.08. The SMILES string of the molecule is O=[N+]([O-])c1c(F)cccc1Nc1ccccc1I. The number of nitrogens with zero attached hydrogens (tertiary/aromatic N) is 1. The van der Waals surface area contributed by atoms with E-state index in [1.54, 1.807) is 12.1 Å². The molecule has 0 amide bonds. The number of anilines is 2. The molecule has 2 rings (SSSR count). The number of nitro benzene ring substituents is 1. The molecule has 2 aromatic rings. The lowest BCUT2D eigenvalue weighted by Gasteiger charge is -2.08. The fraction of sp³-hybridized carbons (Fsp3) is 0. The molecule has 0 saturated heterocycles. The van der Waals surface area contributed by atoms with E-state index >= 15 is 0 Å². The van der Waals surface area contributed by atoms with Gasteiger partial charge < -0.3 is 5.32 Å². The van der Waals surface area contributed by atoms with Gasteiger partial charge in [0.25, 0.3) is 0 Å². The smallest absolute Gasteiger partial charge is 0.327 e. The van der Waals surface area contributed by atoms with Crippen molar-refractivity contribution in [3.05, 3.63) is 62.0 Å². The van der Waals surface area contributed by atoms with Crippen molar-refractivity contribution in [3.63, 3.8) is 0 Å². The van der Waals surface area contributed by atoms with Gasteiger partial charge in [-0.3, -0.25) is 10.1 Å². The molecule has 0 heterocycles. The highest BCUT2D eigenvalue weighted by atomic mass is 127. The predicted molar refractivity (Wildman–Crippen MR) is 75.5 cm³/mol. The van der Waals surface area contributed by atoms with Gasteiger partial charge in [0.15, 0.2) is 0 Å². The van der Waals surface area contributed by atoms with Crippen molar-refractivity contribution >= 4 is 39.7 Å². The highest BCUT2D eigenvalue weighted by molar-refractivity contribution is 14.1. The largest absolute Gasteiger partial charge is 0.349 e. The fourth-order valence-electron chi connectivity index (χ4n) is 1.51. The molecule has 0 fully saturated rings. The second-order valence-corrected chi connectivity index (χ2v) is 4.66. The first kappa shape index (κ1) is 12.7. The maximum Gasteiger partial charge on any atom is 0.327 e. The molecule has 92 valence electrons. The summed E-state index contributed by atoms with van der Waals surface area (Å²) in [7, 11) is 0. The minimum absolute atomic E-state index is 0.143. The first-order valence-corrected chi connectivity index (χ1v) is 6.12. The van der Waals surface area contributed by atoms with Crippen LogP contribution in [0.5, 0.6) is 0 Å². The van der Waals surface area contributed by atoms with Crippen LogP contribution in [-0.2, 0) is 0 Å². The van der Waals surface area contributed by atoms with Crippen molar-refractivity contribution in [2.45, 2.75) is 0 Å². The molecule has 0 aromatic heterocycles. The Hall–Kier alpha value is -1.70. The molecule has 0 aliphatic carbocycles. The minimum Gasteiger partial charge on any atom is -0.349 e. The second kappa shape index (κ2) is 5.30. The molecule has 0 atom stereocenters. The summed E-state index contributed by atoms with van der Waals surface area (Å²) < 4.78 is 14.3. The number of nitro groups is 1. The van der Waals surface area contributed by atoms with Crippen molar-refractivity contribution in [2.75, 3.05) is 5.32 Å². The summed E-state index contributed by atoms with van der Waals surface area (Å²) in [5.41, 5.74) is 0.299. The lowest BCUT2D eigenvalue weighted by molar-refractivity contribution is -0.386. The van der Waals surface area contributed by atoms with Gasteiger partial charge in [0.1, 0.15) is 5.69 Å². The quantitative estimate of drug-likeness (QED) is 0.511. The first-order chi connectivity index (χ1) is 8.59. The van der Waals surface area contributed by atoms with E-state index < -0.39 is 16.4 Å². The van der Waals surface area contributed by atoms with Gasteiger partial charge in [-0.25, -0.2) is 0 Å². The fourth-order valence-corrected chi connectivity index (χ4v) is 2.03. The average molecular weight is 358 g/mol. The number of hydrogen-bond donors (Lipinski definition) is 1. The Kier molecular flexibility index (Phi) is 3.75. The Morgan fingerprint density at radius 2 is 1.78 bits per heavy atom. The third kappa shape index (κ3) is 2.58. The summed E-state index contributed by atoms with van der Waals surface area (Å²) in [6.45, 7) is 0. The van der Waals surface area contributed by atoms with Crippen LogP contribution in [0.25, 0.3) is 0 Å². The monoisotopic (exact) mass is 358 g/mol. The molecular weight excluding hydrogens is 350 g/mol. The van der Waals surface area contributed by atoms with E-state index in [1.165, 1.54) is 12.1 Å². The number of halogens is 2. The van der Waals surface area contributed by atoms with Crippen LogP contribution in [0.4, 0.5) is 21.5 Å². The Morgan fingerprint density at radius 1 is 1.11 bits per heavy atom.